The average Bonchev–Trinajstić information content (AvgIpc) is 2.35. The van der Waals surface area contributed by atoms with E-state index in [-0.39, 0.29) is 5.56 Å². The quantitative estimate of drug-likeness (QED) is 0.647. The minimum absolute atomic E-state index is 0.0345. The van der Waals surface area contributed by atoms with Gasteiger partial charge in [0.15, 0.2) is 6.04 Å². The summed E-state index contributed by atoms with van der Waals surface area (Å²) in [7, 11) is 0. The lowest BCUT2D eigenvalue weighted by Gasteiger charge is -2.23. The van der Waals surface area contributed by atoms with Gasteiger partial charge in [-0.1, -0.05) is 48.9 Å². The van der Waals surface area contributed by atoms with Crippen molar-refractivity contribution in [2.24, 2.45) is 0 Å². The molecule has 0 aliphatic carbocycles. The number of urea groups is 1. The maximum atomic E-state index is 12.9. The summed E-state index contributed by atoms with van der Waals surface area (Å²) in [5.74, 6) is 0. The zero-order valence-corrected chi connectivity index (χ0v) is 10.9. The summed E-state index contributed by atoms with van der Waals surface area (Å²) >= 11 is 5.65. The first-order chi connectivity index (χ1) is 8.84. The van der Waals surface area contributed by atoms with Crippen molar-refractivity contribution in [1.29, 1.82) is 0 Å². The smallest absolute Gasteiger partial charge is 0.322 e. The highest BCUT2D eigenvalue weighted by Gasteiger charge is 2.41. The van der Waals surface area contributed by atoms with Crippen LogP contribution in [0.2, 0.25) is 0 Å². The van der Waals surface area contributed by atoms with Crippen LogP contribution in [0.3, 0.4) is 0 Å². The Morgan fingerprint density at radius 3 is 2.32 bits per heavy atom. The number of halogens is 4. The molecule has 1 aromatic carbocycles. The van der Waals surface area contributed by atoms with Gasteiger partial charge in [0.25, 0.3) is 0 Å². The first-order valence-corrected chi connectivity index (χ1v) is 6.11. The van der Waals surface area contributed by atoms with Crippen LogP contribution in [0.15, 0.2) is 30.3 Å². The van der Waals surface area contributed by atoms with E-state index in [9.17, 15) is 18.0 Å². The van der Waals surface area contributed by atoms with E-state index in [0.717, 1.165) is 0 Å². The summed E-state index contributed by atoms with van der Waals surface area (Å²) in [6, 6.07) is 4.14. The van der Waals surface area contributed by atoms with Crippen LogP contribution in [0.1, 0.15) is 24.9 Å². The molecule has 0 bridgehead atoms. The summed E-state index contributed by atoms with van der Waals surface area (Å²) in [4.78, 5) is 11.4. The minimum atomic E-state index is -4.58. The molecule has 0 saturated heterocycles. The van der Waals surface area contributed by atoms with Crippen LogP contribution in [0, 0.1) is 0 Å². The second-order valence-electron chi connectivity index (χ2n) is 3.88. The maximum Gasteiger partial charge on any atom is 0.412 e. The van der Waals surface area contributed by atoms with E-state index < -0.39 is 23.8 Å². The van der Waals surface area contributed by atoms with Crippen LogP contribution in [0.4, 0.5) is 18.0 Å². The van der Waals surface area contributed by atoms with Crippen molar-refractivity contribution in [3.05, 3.63) is 35.9 Å². The molecule has 0 aromatic heterocycles. The Morgan fingerprint density at radius 1 is 1.26 bits per heavy atom. The number of hydrogen-bond acceptors (Lipinski definition) is 1. The zero-order chi connectivity index (χ0) is 14.5. The SMILES string of the molecule is CCC(Cl)NC(=O)NC(c1ccccc1)C(F)(F)F. The van der Waals surface area contributed by atoms with Gasteiger partial charge in [-0.25, -0.2) is 4.79 Å². The molecule has 2 amide bonds. The monoisotopic (exact) mass is 294 g/mol. The van der Waals surface area contributed by atoms with Gasteiger partial charge < -0.3 is 10.6 Å². The predicted molar refractivity (Wildman–Crippen MR) is 66.8 cm³/mol. The van der Waals surface area contributed by atoms with Gasteiger partial charge in [-0.15, -0.1) is 0 Å². The molecule has 7 heteroatoms. The largest absolute Gasteiger partial charge is 0.412 e. The number of alkyl halides is 4. The van der Waals surface area contributed by atoms with Crippen LogP contribution in [-0.2, 0) is 0 Å². The number of carbonyl (C=O) groups excluding carboxylic acids is 1. The minimum Gasteiger partial charge on any atom is -0.322 e. The number of amides is 2. The van der Waals surface area contributed by atoms with E-state index in [1.165, 1.54) is 24.3 Å². The van der Waals surface area contributed by atoms with Crippen LogP contribution in [-0.4, -0.2) is 17.7 Å². The van der Waals surface area contributed by atoms with Gasteiger partial charge in [-0.2, -0.15) is 13.2 Å². The topological polar surface area (TPSA) is 41.1 Å². The number of nitrogens with one attached hydrogen (secondary N) is 2. The van der Waals surface area contributed by atoms with Gasteiger partial charge in [0.1, 0.15) is 5.50 Å². The fourth-order valence-corrected chi connectivity index (χ4v) is 1.52. The molecule has 19 heavy (non-hydrogen) atoms. The van der Waals surface area contributed by atoms with E-state index >= 15 is 0 Å². The molecule has 106 valence electrons. The summed E-state index contributed by atoms with van der Waals surface area (Å²) in [5.41, 5.74) is -0.738. The summed E-state index contributed by atoms with van der Waals surface area (Å²) < 4.78 is 38.7. The molecule has 0 spiro atoms. The van der Waals surface area contributed by atoms with Crippen molar-refractivity contribution in [2.45, 2.75) is 31.1 Å². The third kappa shape index (κ3) is 4.98. The van der Waals surface area contributed by atoms with Crippen LogP contribution in [0.5, 0.6) is 0 Å². The lowest BCUT2D eigenvalue weighted by Crippen LogP contribution is -2.45. The molecular formula is C12H14ClF3N2O. The fourth-order valence-electron chi connectivity index (χ4n) is 1.42. The van der Waals surface area contributed by atoms with Crippen molar-refractivity contribution in [3.8, 4) is 0 Å². The normalized spacial score (nSPS) is 14.6. The molecular weight excluding hydrogens is 281 g/mol. The number of hydrogen-bond donors (Lipinski definition) is 2. The molecule has 0 saturated carbocycles. The Hall–Kier alpha value is -1.43. The Labute approximate surface area is 114 Å². The average molecular weight is 295 g/mol. The zero-order valence-electron chi connectivity index (χ0n) is 10.2. The van der Waals surface area contributed by atoms with Crippen LogP contribution < -0.4 is 10.6 Å². The van der Waals surface area contributed by atoms with E-state index in [4.69, 9.17) is 11.6 Å². The highest BCUT2D eigenvalue weighted by molar-refractivity contribution is 6.21. The van der Waals surface area contributed by atoms with Crippen molar-refractivity contribution in [2.75, 3.05) is 0 Å². The lowest BCUT2D eigenvalue weighted by molar-refractivity contribution is -0.154. The highest BCUT2D eigenvalue weighted by atomic mass is 35.5. The van der Waals surface area contributed by atoms with Crippen molar-refractivity contribution >= 4 is 17.6 Å². The summed E-state index contributed by atoms with van der Waals surface area (Å²) in [5, 5.41) is 4.10. The van der Waals surface area contributed by atoms with Gasteiger partial charge in [0, 0.05) is 0 Å². The predicted octanol–water partition coefficient (Wildman–Crippen LogP) is 3.56. The first-order valence-electron chi connectivity index (χ1n) is 5.67. The molecule has 2 atom stereocenters. The van der Waals surface area contributed by atoms with Crippen LogP contribution in [0.25, 0.3) is 0 Å². The van der Waals surface area contributed by atoms with Gasteiger partial charge in [-0.3, -0.25) is 0 Å². The Morgan fingerprint density at radius 2 is 1.84 bits per heavy atom. The molecule has 1 rings (SSSR count). The molecule has 1 aromatic rings. The van der Waals surface area contributed by atoms with E-state index in [1.807, 2.05) is 5.32 Å². The second kappa shape index (κ2) is 6.65. The Bertz CT molecular complexity index is 411. The Kier molecular flexibility index (Phi) is 5.47. The number of rotatable bonds is 4. The van der Waals surface area contributed by atoms with Gasteiger partial charge in [0.05, 0.1) is 0 Å². The fraction of sp³-hybridized carbons (Fsp3) is 0.417. The van der Waals surface area contributed by atoms with Crippen molar-refractivity contribution in [3.63, 3.8) is 0 Å². The molecule has 0 aliphatic rings. The number of carbonyl (C=O) groups is 1. The second-order valence-corrected chi connectivity index (χ2v) is 4.41. The van der Waals surface area contributed by atoms with Gasteiger partial charge in [-0.05, 0) is 12.0 Å². The lowest BCUT2D eigenvalue weighted by atomic mass is 10.1. The standard InChI is InChI=1S/C12H14ClF3N2O/c1-2-9(13)17-11(19)18-10(12(14,15)16)8-6-4-3-5-7-8/h3-7,9-10H,2H2,1H3,(H2,17,18,19). The Balaban J connectivity index is 2.80. The number of benzene rings is 1. The molecule has 0 heterocycles. The molecule has 0 fully saturated rings. The summed E-state index contributed by atoms with van der Waals surface area (Å²) in [6.07, 6.45) is -4.16. The maximum absolute atomic E-state index is 12.9. The molecule has 0 radical (unpaired) electrons. The molecule has 3 nitrogen and oxygen atoms in total. The van der Waals surface area contributed by atoms with Crippen LogP contribution >= 0.6 is 11.6 Å². The van der Waals surface area contributed by atoms with E-state index in [0.29, 0.717) is 6.42 Å². The first kappa shape index (κ1) is 15.6. The highest BCUT2D eigenvalue weighted by Crippen LogP contribution is 2.32. The molecule has 2 unspecified atom stereocenters. The summed E-state index contributed by atoms with van der Waals surface area (Å²) in [6.45, 7) is 1.70. The van der Waals surface area contributed by atoms with E-state index in [1.54, 1.807) is 13.0 Å². The third-order valence-corrected chi connectivity index (χ3v) is 2.80. The van der Waals surface area contributed by atoms with E-state index in [2.05, 4.69) is 5.32 Å². The van der Waals surface area contributed by atoms with Crippen molar-refractivity contribution < 1.29 is 18.0 Å². The molecule has 2 N–H and O–H groups in total. The van der Waals surface area contributed by atoms with Gasteiger partial charge >= 0.3 is 12.2 Å². The van der Waals surface area contributed by atoms with Crippen molar-refractivity contribution in [1.82, 2.24) is 10.6 Å². The third-order valence-electron chi connectivity index (χ3n) is 2.38. The van der Waals surface area contributed by atoms with Gasteiger partial charge in [0.2, 0.25) is 0 Å². The molecule has 0 aliphatic heterocycles.